The van der Waals surface area contributed by atoms with Crippen molar-refractivity contribution in [1.82, 2.24) is 0 Å². The molecule has 0 aliphatic rings. The number of benzene rings is 1. The van der Waals surface area contributed by atoms with Crippen molar-refractivity contribution in [2.24, 2.45) is 0 Å². The summed E-state index contributed by atoms with van der Waals surface area (Å²) in [4.78, 5) is 9.33. The van der Waals surface area contributed by atoms with Crippen LogP contribution in [0.3, 0.4) is 0 Å². The number of unbranched alkanes of at least 4 members (excludes halogenated alkanes) is 1. The molecule has 1 atom stereocenters. The molecule has 0 amide bonds. The van der Waals surface area contributed by atoms with Crippen LogP contribution in [0.15, 0.2) is 35.2 Å². The van der Waals surface area contributed by atoms with Crippen LogP contribution >= 0.6 is 20.0 Å². The second-order valence-electron chi connectivity index (χ2n) is 2.94. The highest BCUT2D eigenvalue weighted by atomic mass is 32.2. The van der Waals surface area contributed by atoms with E-state index in [-0.39, 0.29) is 5.94 Å². The quantitative estimate of drug-likeness (QED) is 0.490. The second-order valence-corrected chi connectivity index (χ2v) is 4.67. The van der Waals surface area contributed by atoms with Gasteiger partial charge in [-0.1, -0.05) is 56.7 Å². The maximum Gasteiger partial charge on any atom is 0.695 e. The van der Waals surface area contributed by atoms with Crippen LogP contribution in [0.1, 0.15) is 26.7 Å². The molecule has 0 bridgehead atoms. The number of hydrogen-bond donors (Lipinski definition) is 1. The molecule has 1 unspecified atom stereocenters. The Morgan fingerprint density at radius 2 is 1.81 bits per heavy atom. The summed E-state index contributed by atoms with van der Waals surface area (Å²) in [5.74, 6) is 0.204. The van der Waals surface area contributed by atoms with Gasteiger partial charge in [-0.05, 0) is 12.1 Å². The molecule has 1 N–H and O–H groups in total. The van der Waals surface area contributed by atoms with Crippen molar-refractivity contribution in [3.05, 3.63) is 30.3 Å². The van der Waals surface area contributed by atoms with Gasteiger partial charge in [-0.15, -0.1) is 9.42 Å². The Labute approximate surface area is 102 Å². The van der Waals surface area contributed by atoms with Crippen LogP contribution in [0, 0.1) is 0 Å². The van der Waals surface area contributed by atoms with E-state index in [1.807, 2.05) is 30.3 Å². The van der Waals surface area contributed by atoms with Crippen molar-refractivity contribution in [2.75, 3.05) is 5.94 Å². The van der Waals surface area contributed by atoms with Crippen molar-refractivity contribution in [3.63, 3.8) is 0 Å². The first kappa shape index (κ1) is 15.6. The Kier molecular flexibility index (Phi) is 10.8. The molecule has 5 heteroatoms. The van der Waals surface area contributed by atoms with Crippen molar-refractivity contribution in [2.45, 2.75) is 31.6 Å². The minimum Gasteiger partial charge on any atom is -0.133 e. The van der Waals surface area contributed by atoms with E-state index >= 15 is 0 Å². The molecule has 3 nitrogen and oxygen atoms in total. The molecule has 0 aromatic heterocycles. The molecule has 0 heterocycles. The molecule has 1 rings (SSSR count). The smallest absolute Gasteiger partial charge is 0.133 e. The average molecular weight is 261 g/mol. The van der Waals surface area contributed by atoms with E-state index in [2.05, 4.69) is 18.4 Å². The third-order valence-electron chi connectivity index (χ3n) is 1.63. The number of thioether (sulfide) groups is 1. The van der Waals surface area contributed by atoms with E-state index in [0.717, 1.165) is 4.90 Å². The van der Waals surface area contributed by atoms with Gasteiger partial charge in [0.1, 0.15) is 0 Å². The predicted molar refractivity (Wildman–Crippen MR) is 68.7 cm³/mol. The largest absolute Gasteiger partial charge is 0.695 e. The Morgan fingerprint density at radius 1 is 1.25 bits per heavy atom. The average Bonchev–Trinajstić information content (AvgIpc) is 2.30. The van der Waals surface area contributed by atoms with Gasteiger partial charge >= 0.3 is 8.25 Å². The van der Waals surface area contributed by atoms with Gasteiger partial charge in [-0.2, -0.15) is 0 Å². The second kappa shape index (κ2) is 11.1. The summed E-state index contributed by atoms with van der Waals surface area (Å²) < 4.78 is 14.6. The molecule has 0 fully saturated rings. The van der Waals surface area contributed by atoms with Crippen LogP contribution in [-0.2, 0) is 9.09 Å². The standard InChI is InChI=1S/C7H7O3PS.C4H10/c8-11(9)10-6-12-7-4-2-1-3-5-7;1-3-4-2/h1-5H,6H2;3-4H2,1-2H3/p+1. The van der Waals surface area contributed by atoms with E-state index in [1.54, 1.807) is 0 Å². The first-order valence-electron chi connectivity index (χ1n) is 5.17. The fraction of sp³-hybridized carbons (Fsp3) is 0.455. The zero-order valence-electron chi connectivity index (χ0n) is 9.63. The van der Waals surface area contributed by atoms with Crippen LogP contribution in [0.25, 0.3) is 0 Å². The molecule has 0 saturated heterocycles. The summed E-state index contributed by atoms with van der Waals surface area (Å²) in [6.45, 7) is 4.36. The highest BCUT2D eigenvalue weighted by Crippen LogP contribution is 2.23. The maximum atomic E-state index is 10.1. The molecule has 90 valence electrons. The molecule has 0 radical (unpaired) electrons. The van der Waals surface area contributed by atoms with Crippen LogP contribution < -0.4 is 0 Å². The van der Waals surface area contributed by atoms with Crippen molar-refractivity contribution in [3.8, 4) is 0 Å². The zero-order chi connectivity index (χ0) is 12.2. The van der Waals surface area contributed by atoms with Crippen LogP contribution in [0.2, 0.25) is 0 Å². The van der Waals surface area contributed by atoms with E-state index in [4.69, 9.17) is 4.89 Å². The fourth-order valence-corrected chi connectivity index (χ4v) is 1.71. The summed E-state index contributed by atoms with van der Waals surface area (Å²) in [6.07, 6.45) is 2.64. The Bertz CT molecular complexity index is 278. The summed E-state index contributed by atoms with van der Waals surface area (Å²) in [6, 6.07) is 9.55. The van der Waals surface area contributed by atoms with Crippen molar-refractivity contribution < 1.29 is 14.0 Å². The number of rotatable bonds is 5. The Hall–Kier alpha value is -0.410. The van der Waals surface area contributed by atoms with Gasteiger partial charge in [-0.25, -0.2) is 0 Å². The van der Waals surface area contributed by atoms with E-state index in [1.165, 1.54) is 24.6 Å². The van der Waals surface area contributed by atoms with Crippen molar-refractivity contribution >= 4 is 20.0 Å². The molecule has 16 heavy (non-hydrogen) atoms. The van der Waals surface area contributed by atoms with Crippen LogP contribution in [0.4, 0.5) is 0 Å². The van der Waals surface area contributed by atoms with E-state index in [9.17, 15) is 4.57 Å². The highest BCUT2D eigenvalue weighted by Gasteiger charge is 2.10. The third-order valence-corrected chi connectivity index (χ3v) is 3.00. The molecule has 0 spiro atoms. The normalized spacial score (nSPS) is 10.3. The SMILES string of the molecule is CCCC.O=[P+](O)OCSc1ccccc1. The molecule has 1 aromatic rings. The maximum absolute atomic E-state index is 10.1. The lowest BCUT2D eigenvalue weighted by atomic mass is 10.4. The highest BCUT2D eigenvalue weighted by molar-refractivity contribution is 7.99. The fourth-order valence-electron chi connectivity index (χ4n) is 0.656. The molecular formula is C11H18O3PS+. The first-order valence-corrected chi connectivity index (χ1v) is 7.29. The lowest BCUT2D eigenvalue weighted by molar-refractivity contribution is 0.331. The predicted octanol–water partition coefficient (Wildman–Crippen LogP) is 4.21. The molecule has 1 aromatic carbocycles. The topological polar surface area (TPSA) is 46.5 Å². The summed E-state index contributed by atoms with van der Waals surface area (Å²) in [5, 5.41) is 0. The monoisotopic (exact) mass is 261 g/mol. The van der Waals surface area contributed by atoms with Crippen LogP contribution in [-0.4, -0.2) is 10.8 Å². The van der Waals surface area contributed by atoms with Gasteiger partial charge in [0.25, 0.3) is 0 Å². The summed E-state index contributed by atoms with van der Waals surface area (Å²) in [7, 11) is -2.47. The Morgan fingerprint density at radius 3 is 2.25 bits per heavy atom. The van der Waals surface area contributed by atoms with Gasteiger partial charge in [0.15, 0.2) is 5.94 Å². The molecular weight excluding hydrogens is 243 g/mol. The number of hydrogen-bond acceptors (Lipinski definition) is 3. The van der Waals surface area contributed by atoms with Crippen LogP contribution in [0.5, 0.6) is 0 Å². The molecule has 0 aliphatic carbocycles. The molecule has 0 saturated carbocycles. The third kappa shape index (κ3) is 10.1. The zero-order valence-corrected chi connectivity index (χ0v) is 11.3. The minimum absolute atomic E-state index is 0.204. The van der Waals surface area contributed by atoms with Gasteiger partial charge < -0.3 is 0 Å². The first-order chi connectivity index (χ1) is 7.70. The molecule has 0 aliphatic heterocycles. The minimum atomic E-state index is -2.47. The Balaban J connectivity index is 0.000000487. The van der Waals surface area contributed by atoms with Gasteiger partial charge in [0.05, 0.1) is 0 Å². The van der Waals surface area contributed by atoms with Gasteiger partial charge in [-0.3, -0.25) is 0 Å². The van der Waals surface area contributed by atoms with E-state index < -0.39 is 8.25 Å². The van der Waals surface area contributed by atoms with Gasteiger partial charge in [0, 0.05) is 9.46 Å². The lowest BCUT2D eigenvalue weighted by Gasteiger charge is -1.93. The lowest BCUT2D eigenvalue weighted by Crippen LogP contribution is -1.78. The van der Waals surface area contributed by atoms with Gasteiger partial charge in [0.2, 0.25) is 0 Å². The van der Waals surface area contributed by atoms with E-state index in [0.29, 0.717) is 0 Å². The van der Waals surface area contributed by atoms with Crippen molar-refractivity contribution in [1.29, 1.82) is 0 Å². The summed E-state index contributed by atoms with van der Waals surface area (Å²) in [5.41, 5.74) is 0. The summed E-state index contributed by atoms with van der Waals surface area (Å²) >= 11 is 1.38.